The van der Waals surface area contributed by atoms with Crippen molar-refractivity contribution in [2.75, 3.05) is 17.2 Å². The van der Waals surface area contributed by atoms with E-state index < -0.39 is 0 Å². The summed E-state index contributed by atoms with van der Waals surface area (Å²) in [6.07, 6.45) is 1.51. The van der Waals surface area contributed by atoms with E-state index in [4.69, 9.17) is 11.6 Å². The lowest BCUT2D eigenvalue weighted by atomic mass is 10.2. The number of benzene rings is 1. The van der Waals surface area contributed by atoms with E-state index in [1.54, 1.807) is 6.07 Å². The van der Waals surface area contributed by atoms with Crippen molar-refractivity contribution in [2.24, 2.45) is 0 Å². The highest BCUT2D eigenvalue weighted by molar-refractivity contribution is 6.33. The van der Waals surface area contributed by atoms with E-state index in [9.17, 15) is 4.79 Å². The first kappa shape index (κ1) is 14.3. The number of aromatic nitrogens is 1. The van der Waals surface area contributed by atoms with Gasteiger partial charge in [0, 0.05) is 18.4 Å². The Hall–Kier alpha value is -2.07. The summed E-state index contributed by atoms with van der Waals surface area (Å²) >= 11 is 6.07. The molecular weight excluding hydrogens is 274 g/mol. The molecular formula is C15H16ClN3O. The Bertz CT molecular complexity index is 611. The molecule has 1 amide bonds. The lowest BCUT2D eigenvalue weighted by molar-refractivity contribution is 0.102. The second-order valence-corrected chi connectivity index (χ2v) is 4.81. The Morgan fingerprint density at radius 3 is 2.60 bits per heavy atom. The average Bonchev–Trinajstić information content (AvgIpc) is 2.44. The van der Waals surface area contributed by atoms with E-state index in [2.05, 4.69) is 15.6 Å². The number of nitrogens with zero attached hydrogens (tertiary/aromatic N) is 1. The fourth-order valence-electron chi connectivity index (χ4n) is 1.70. The molecule has 0 saturated carbocycles. The van der Waals surface area contributed by atoms with Gasteiger partial charge in [-0.3, -0.25) is 4.79 Å². The van der Waals surface area contributed by atoms with Crippen molar-refractivity contribution in [3.63, 3.8) is 0 Å². The van der Waals surface area contributed by atoms with Crippen LogP contribution in [0.1, 0.15) is 22.8 Å². The molecule has 0 aliphatic heterocycles. The number of anilines is 2. The maximum absolute atomic E-state index is 12.1. The van der Waals surface area contributed by atoms with Crippen LogP contribution in [0.15, 0.2) is 36.5 Å². The molecule has 2 rings (SSSR count). The molecule has 0 atom stereocenters. The summed E-state index contributed by atoms with van der Waals surface area (Å²) in [6.45, 7) is 4.67. The van der Waals surface area contributed by atoms with Gasteiger partial charge in [-0.2, -0.15) is 0 Å². The molecule has 1 aromatic heterocycles. The number of carbonyl (C=O) groups is 1. The molecule has 0 fully saturated rings. The zero-order valence-corrected chi connectivity index (χ0v) is 12.2. The van der Waals surface area contributed by atoms with Crippen LogP contribution in [-0.4, -0.2) is 17.4 Å². The fraction of sp³-hybridized carbons (Fsp3) is 0.200. The second-order valence-electron chi connectivity index (χ2n) is 4.40. The molecule has 0 spiro atoms. The van der Waals surface area contributed by atoms with Crippen LogP contribution in [0.2, 0.25) is 5.02 Å². The van der Waals surface area contributed by atoms with Crippen LogP contribution in [0.3, 0.4) is 0 Å². The van der Waals surface area contributed by atoms with Gasteiger partial charge in [0.05, 0.1) is 10.6 Å². The summed E-state index contributed by atoms with van der Waals surface area (Å²) in [5.74, 6) is 0.354. The van der Waals surface area contributed by atoms with Gasteiger partial charge in [-0.1, -0.05) is 29.3 Å². The van der Waals surface area contributed by atoms with Crippen LogP contribution in [0.4, 0.5) is 11.5 Å². The zero-order valence-electron chi connectivity index (χ0n) is 11.4. The molecule has 0 bridgehead atoms. The highest BCUT2D eigenvalue weighted by Gasteiger charge is 2.10. The van der Waals surface area contributed by atoms with Gasteiger partial charge in [0.1, 0.15) is 5.82 Å². The summed E-state index contributed by atoms with van der Waals surface area (Å²) < 4.78 is 0. The molecule has 2 aromatic rings. The highest BCUT2D eigenvalue weighted by Crippen LogP contribution is 2.20. The molecule has 5 heteroatoms. The summed E-state index contributed by atoms with van der Waals surface area (Å²) in [5.41, 5.74) is 2.31. The minimum atomic E-state index is -0.230. The first-order chi connectivity index (χ1) is 9.60. The van der Waals surface area contributed by atoms with E-state index in [0.717, 1.165) is 17.8 Å². The van der Waals surface area contributed by atoms with Crippen molar-refractivity contribution in [1.82, 2.24) is 4.98 Å². The number of aryl methyl sites for hydroxylation is 1. The van der Waals surface area contributed by atoms with Gasteiger partial charge in [0.2, 0.25) is 0 Å². The monoisotopic (exact) mass is 289 g/mol. The predicted octanol–water partition coefficient (Wildman–Crippen LogP) is 3.73. The lowest BCUT2D eigenvalue weighted by Crippen LogP contribution is -2.12. The van der Waals surface area contributed by atoms with Crippen LogP contribution in [0.5, 0.6) is 0 Å². The molecule has 0 aliphatic rings. The number of amides is 1. The van der Waals surface area contributed by atoms with Gasteiger partial charge in [-0.25, -0.2) is 4.98 Å². The second kappa shape index (κ2) is 6.39. The van der Waals surface area contributed by atoms with Gasteiger partial charge in [-0.05, 0) is 32.0 Å². The SMILES string of the molecule is CCNc1ncc(C(=O)Nc2ccc(C)cc2)cc1Cl. The first-order valence-corrected chi connectivity index (χ1v) is 6.75. The molecule has 2 N–H and O–H groups in total. The van der Waals surface area contributed by atoms with Crippen molar-refractivity contribution in [2.45, 2.75) is 13.8 Å². The average molecular weight is 290 g/mol. The molecule has 20 heavy (non-hydrogen) atoms. The quantitative estimate of drug-likeness (QED) is 0.902. The van der Waals surface area contributed by atoms with E-state index in [0.29, 0.717) is 16.4 Å². The van der Waals surface area contributed by atoms with Crippen molar-refractivity contribution in [3.05, 3.63) is 52.7 Å². The Morgan fingerprint density at radius 1 is 1.30 bits per heavy atom. The minimum absolute atomic E-state index is 0.230. The molecule has 1 aromatic carbocycles. The zero-order chi connectivity index (χ0) is 14.5. The van der Waals surface area contributed by atoms with Crippen molar-refractivity contribution < 1.29 is 4.79 Å². The van der Waals surface area contributed by atoms with Crippen molar-refractivity contribution in [1.29, 1.82) is 0 Å². The van der Waals surface area contributed by atoms with Gasteiger partial charge in [-0.15, -0.1) is 0 Å². The number of rotatable bonds is 4. The van der Waals surface area contributed by atoms with Gasteiger partial charge in [0.25, 0.3) is 5.91 Å². The Kier molecular flexibility index (Phi) is 4.58. The van der Waals surface area contributed by atoms with Gasteiger partial charge < -0.3 is 10.6 Å². The molecule has 104 valence electrons. The summed E-state index contributed by atoms with van der Waals surface area (Å²) in [7, 11) is 0. The summed E-state index contributed by atoms with van der Waals surface area (Å²) in [6, 6.07) is 9.20. The molecule has 0 unspecified atom stereocenters. The highest BCUT2D eigenvalue weighted by atomic mass is 35.5. The lowest BCUT2D eigenvalue weighted by Gasteiger charge is -2.08. The Balaban J connectivity index is 2.13. The normalized spacial score (nSPS) is 10.2. The smallest absolute Gasteiger partial charge is 0.257 e. The number of halogens is 1. The van der Waals surface area contributed by atoms with Crippen LogP contribution >= 0.6 is 11.6 Å². The fourth-order valence-corrected chi connectivity index (χ4v) is 1.93. The van der Waals surface area contributed by atoms with Crippen LogP contribution in [-0.2, 0) is 0 Å². The molecule has 0 aliphatic carbocycles. The Labute approximate surface area is 123 Å². The summed E-state index contributed by atoms with van der Waals surface area (Å²) in [4.78, 5) is 16.2. The number of carbonyl (C=O) groups excluding carboxylic acids is 1. The predicted molar refractivity (Wildman–Crippen MR) is 82.5 cm³/mol. The van der Waals surface area contributed by atoms with Crippen LogP contribution < -0.4 is 10.6 Å². The maximum atomic E-state index is 12.1. The Morgan fingerprint density at radius 2 is 2.00 bits per heavy atom. The number of hydrogen-bond acceptors (Lipinski definition) is 3. The largest absolute Gasteiger partial charge is 0.369 e. The van der Waals surface area contributed by atoms with Gasteiger partial charge in [0.15, 0.2) is 0 Å². The van der Waals surface area contributed by atoms with Crippen LogP contribution in [0, 0.1) is 6.92 Å². The molecule has 0 saturated heterocycles. The minimum Gasteiger partial charge on any atom is -0.369 e. The number of pyridine rings is 1. The van der Waals surface area contributed by atoms with E-state index in [-0.39, 0.29) is 5.91 Å². The third-order valence-corrected chi connectivity index (χ3v) is 3.05. The van der Waals surface area contributed by atoms with Crippen LogP contribution in [0.25, 0.3) is 0 Å². The van der Waals surface area contributed by atoms with E-state index in [1.807, 2.05) is 38.1 Å². The maximum Gasteiger partial charge on any atom is 0.257 e. The number of nitrogens with one attached hydrogen (secondary N) is 2. The van der Waals surface area contributed by atoms with Crippen molar-refractivity contribution in [3.8, 4) is 0 Å². The van der Waals surface area contributed by atoms with E-state index >= 15 is 0 Å². The standard InChI is InChI=1S/C15H16ClN3O/c1-3-17-14-13(16)8-11(9-18-14)15(20)19-12-6-4-10(2)5-7-12/h4-9H,3H2,1-2H3,(H,17,18)(H,19,20). The third kappa shape index (κ3) is 3.48. The number of hydrogen-bond donors (Lipinski definition) is 2. The first-order valence-electron chi connectivity index (χ1n) is 6.37. The molecule has 0 radical (unpaired) electrons. The summed E-state index contributed by atoms with van der Waals surface area (Å²) in [5, 5.41) is 6.26. The van der Waals surface area contributed by atoms with E-state index in [1.165, 1.54) is 6.20 Å². The van der Waals surface area contributed by atoms with Gasteiger partial charge >= 0.3 is 0 Å². The molecule has 4 nitrogen and oxygen atoms in total. The third-order valence-electron chi connectivity index (χ3n) is 2.76. The molecule has 1 heterocycles. The van der Waals surface area contributed by atoms with Crippen molar-refractivity contribution >= 4 is 29.0 Å². The topological polar surface area (TPSA) is 54.0 Å².